The predicted molar refractivity (Wildman–Crippen MR) is 82.4 cm³/mol. The van der Waals surface area contributed by atoms with Crippen molar-refractivity contribution in [2.24, 2.45) is 0 Å². The SMILES string of the molecule is COc1ccc(CCC(=O)NCC2(O)CCOC2)cc1Br. The zero-order valence-electron chi connectivity index (χ0n) is 12.0. The van der Waals surface area contributed by atoms with Crippen LogP contribution >= 0.6 is 15.9 Å². The van der Waals surface area contributed by atoms with Crippen LogP contribution in [0.2, 0.25) is 0 Å². The van der Waals surface area contributed by atoms with Gasteiger partial charge in [0.15, 0.2) is 0 Å². The van der Waals surface area contributed by atoms with E-state index in [1.54, 1.807) is 7.11 Å². The smallest absolute Gasteiger partial charge is 0.220 e. The van der Waals surface area contributed by atoms with Crippen LogP contribution in [0.1, 0.15) is 18.4 Å². The number of halogens is 1. The van der Waals surface area contributed by atoms with E-state index in [1.807, 2.05) is 18.2 Å². The van der Waals surface area contributed by atoms with Crippen LogP contribution in [0, 0.1) is 0 Å². The second-order valence-corrected chi connectivity index (χ2v) is 6.13. The molecular weight excluding hydrogens is 338 g/mol. The third-order valence-electron chi connectivity index (χ3n) is 3.55. The number of aliphatic hydroxyl groups is 1. The Kier molecular flexibility index (Phi) is 5.61. The molecule has 0 radical (unpaired) electrons. The molecule has 21 heavy (non-hydrogen) atoms. The van der Waals surface area contributed by atoms with Gasteiger partial charge in [-0.25, -0.2) is 0 Å². The lowest BCUT2D eigenvalue weighted by molar-refractivity contribution is -0.122. The van der Waals surface area contributed by atoms with E-state index in [9.17, 15) is 9.90 Å². The summed E-state index contributed by atoms with van der Waals surface area (Å²) in [5.41, 5.74) is 0.152. The molecule has 0 aromatic heterocycles. The Bertz CT molecular complexity index is 500. The molecular formula is C15H20BrNO4. The normalized spacial score (nSPS) is 21.3. The molecule has 116 valence electrons. The van der Waals surface area contributed by atoms with Crippen molar-refractivity contribution in [1.82, 2.24) is 5.32 Å². The van der Waals surface area contributed by atoms with Crippen molar-refractivity contribution >= 4 is 21.8 Å². The highest BCUT2D eigenvalue weighted by molar-refractivity contribution is 9.10. The van der Waals surface area contributed by atoms with E-state index < -0.39 is 5.60 Å². The van der Waals surface area contributed by atoms with Gasteiger partial charge >= 0.3 is 0 Å². The zero-order valence-corrected chi connectivity index (χ0v) is 13.6. The van der Waals surface area contributed by atoms with Crippen molar-refractivity contribution in [3.8, 4) is 5.75 Å². The first kappa shape index (κ1) is 16.3. The number of methoxy groups -OCH3 is 1. The molecule has 1 aliphatic heterocycles. The lowest BCUT2D eigenvalue weighted by Gasteiger charge is -2.20. The van der Waals surface area contributed by atoms with E-state index in [-0.39, 0.29) is 12.5 Å². The highest BCUT2D eigenvalue weighted by Crippen LogP contribution is 2.26. The maximum atomic E-state index is 11.8. The minimum Gasteiger partial charge on any atom is -0.496 e. The first-order valence-electron chi connectivity index (χ1n) is 6.92. The van der Waals surface area contributed by atoms with Gasteiger partial charge in [0.05, 0.1) is 18.2 Å². The van der Waals surface area contributed by atoms with Gasteiger partial charge in [-0.1, -0.05) is 6.07 Å². The number of rotatable bonds is 6. The summed E-state index contributed by atoms with van der Waals surface area (Å²) in [4.78, 5) is 11.8. The van der Waals surface area contributed by atoms with Crippen molar-refractivity contribution in [2.45, 2.75) is 24.9 Å². The quantitative estimate of drug-likeness (QED) is 0.812. The van der Waals surface area contributed by atoms with Crippen LogP contribution in [0.4, 0.5) is 0 Å². The molecule has 2 rings (SSSR count). The fraction of sp³-hybridized carbons (Fsp3) is 0.533. The van der Waals surface area contributed by atoms with Gasteiger partial charge in [-0.3, -0.25) is 4.79 Å². The van der Waals surface area contributed by atoms with Gasteiger partial charge < -0.3 is 19.9 Å². The average Bonchev–Trinajstić information content (AvgIpc) is 2.90. The number of carbonyl (C=O) groups is 1. The number of hydrogen-bond acceptors (Lipinski definition) is 4. The summed E-state index contributed by atoms with van der Waals surface area (Å²) in [7, 11) is 1.62. The van der Waals surface area contributed by atoms with E-state index in [2.05, 4.69) is 21.2 Å². The molecule has 1 aromatic carbocycles. The largest absolute Gasteiger partial charge is 0.496 e. The molecule has 0 aliphatic carbocycles. The summed E-state index contributed by atoms with van der Waals surface area (Å²) in [6.07, 6.45) is 1.60. The number of nitrogens with one attached hydrogen (secondary N) is 1. The van der Waals surface area contributed by atoms with Crippen molar-refractivity contribution in [1.29, 1.82) is 0 Å². The van der Waals surface area contributed by atoms with Crippen molar-refractivity contribution in [2.75, 3.05) is 26.9 Å². The Labute approximate surface area is 132 Å². The van der Waals surface area contributed by atoms with E-state index in [4.69, 9.17) is 9.47 Å². The summed E-state index contributed by atoms with van der Waals surface area (Å²) in [5, 5.41) is 12.8. The second-order valence-electron chi connectivity index (χ2n) is 5.27. The van der Waals surface area contributed by atoms with Gasteiger partial charge in [0.25, 0.3) is 0 Å². The van der Waals surface area contributed by atoms with E-state index in [0.717, 1.165) is 15.8 Å². The molecule has 1 aliphatic rings. The first-order chi connectivity index (χ1) is 10.0. The maximum Gasteiger partial charge on any atom is 0.220 e. The Hall–Kier alpha value is -1.11. The van der Waals surface area contributed by atoms with Crippen molar-refractivity contribution in [3.63, 3.8) is 0 Å². The Morgan fingerprint density at radius 1 is 1.57 bits per heavy atom. The fourth-order valence-corrected chi connectivity index (χ4v) is 2.80. The maximum absolute atomic E-state index is 11.8. The Balaban J connectivity index is 1.77. The van der Waals surface area contributed by atoms with E-state index in [0.29, 0.717) is 32.5 Å². The molecule has 1 heterocycles. The van der Waals surface area contributed by atoms with E-state index >= 15 is 0 Å². The van der Waals surface area contributed by atoms with Crippen molar-refractivity contribution < 1.29 is 19.4 Å². The zero-order chi connectivity index (χ0) is 15.3. The highest BCUT2D eigenvalue weighted by Gasteiger charge is 2.32. The van der Waals surface area contributed by atoms with Crippen LogP contribution < -0.4 is 10.1 Å². The number of amides is 1. The minimum absolute atomic E-state index is 0.0673. The monoisotopic (exact) mass is 357 g/mol. The minimum atomic E-state index is -0.904. The molecule has 0 saturated carbocycles. The van der Waals surface area contributed by atoms with Gasteiger partial charge in [0.2, 0.25) is 5.91 Å². The summed E-state index contributed by atoms with van der Waals surface area (Å²) in [5.74, 6) is 0.703. The van der Waals surface area contributed by atoms with Gasteiger partial charge in [0, 0.05) is 26.0 Å². The highest BCUT2D eigenvalue weighted by atomic mass is 79.9. The van der Waals surface area contributed by atoms with Gasteiger partial charge in [-0.15, -0.1) is 0 Å². The predicted octanol–water partition coefficient (Wildman–Crippen LogP) is 1.66. The number of hydrogen-bond donors (Lipinski definition) is 2. The molecule has 2 N–H and O–H groups in total. The lowest BCUT2D eigenvalue weighted by Crippen LogP contribution is -2.43. The van der Waals surface area contributed by atoms with Crippen LogP contribution in [0.15, 0.2) is 22.7 Å². The fourth-order valence-electron chi connectivity index (χ4n) is 2.21. The third-order valence-corrected chi connectivity index (χ3v) is 4.17. The van der Waals surface area contributed by atoms with Gasteiger partial charge in [-0.05, 0) is 40.0 Å². The first-order valence-corrected chi connectivity index (χ1v) is 7.71. The number of ether oxygens (including phenoxy) is 2. The molecule has 1 atom stereocenters. The topological polar surface area (TPSA) is 67.8 Å². The second kappa shape index (κ2) is 7.24. The van der Waals surface area contributed by atoms with Crippen LogP contribution in [0.3, 0.4) is 0 Å². The summed E-state index contributed by atoms with van der Waals surface area (Å²) in [6, 6.07) is 5.76. The average molecular weight is 358 g/mol. The van der Waals surface area contributed by atoms with E-state index in [1.165, 1.54) is 0 Å². The molecule has 5 nitrogen and oxygen atoms in total. The van der Waals surface area contributed by atoms with Crippen LogP contribution in [0.25, 0.3) is 0 Å². The van der Waals surface area contributed by atoms with Gasteiger partial charge in [0.1, 0.15) is 11.4 Å². The molecule has 1 saturated heterocycles. The Morgan fingerprint density at radius 3 is 3.00 bits per heavy atom. The molecule has 1 fully saturated rings. The summed E-state index contributed by atoms with van der Waals surface area (Å²) in [6.45, 7) is 1.09. The summed E-state index contributed by atoms with van der Waals surface area (Å²) < 4.78 is 11.2. The third kappa shape index (κ3) is 4.69. The standard InChI is InChI=1S/C15H20BrNO4/c1-20-13-4-2-11(8-12(13)16)3-5-14(18)17-9-15(19)6-7-21-10-15/h2,4,8,19H,3,5-7,9-10H2,1H3,(H,17,18). The Morgan fingerprint density at radius 2 is 2.38 bits per heavy atom. The molecule has 1 amide bonds. The molecule has 6 heteroatoms. The number of carbonyl (C=O) groups excluding carboxylic acids is 1. The van der Waals surface area contributed by atoms with Crippen molar-refractivity contribution in [3.05, 3.63) is 28.2 Å². The lowest BCUT2D eigenvalue weighted by atomic mass is 10.0. The molecule has 1 unspecified atom stereocenters. The molecule has 0 bridgehead atoms. The van der Waals surface area contributed by atoms with Gasteiger partial charge in [-0.2, -0.15) is 0 Å². The van der Waals surface area contributed by atoms with Crippen LogP contribution in [0.5, 0.6) is 5.75 Å². The number of benzene rings is 1. The van der Waals surface area contributed by atoms with Crippen LogP contribution in [-0.2, 0) is 16.0 Å². The molecule has 1 aromatic rings. The number of aryl methyl sites for hydroxylation is 1. The molecule has 0 spiro atoms. The van der Waals surface area contributed by atoms with Crippen LogP contribution in [-0.4, -0.2) is 43.5 Å². The summed E-state index contributed by atoms with van der Waals surface area (Å²) >= 11 is 3.42.